The molecule has 0 unspecified atom stereocenters. The fourth-order valence-corrected chi connectivity index (χ4v) is 4.13. The fourth-order valence-electron chi connectivity index (χ4n) is 3.19. The van der Waals surface area contributed by atoms with Gasteiger partial charge in [-0.25, -0.2) is 0 Å². The van der Waals surface area contributed by atoms with Crippen molar-refractivity contribution in [1.29, 1.82) is 0 Å². The lowest BCUT2D eigenvalue weighted by Gasteiger charge is -2.28. The SMILES string of the molecule is O=C([C@@H]1CSCN1)N1CCC[C@@H]1C[C@H](O)c1ccccc1. The molecule has 3 rings (SSSR count). The van der Waals surface area contributed by atoms with Crippen molar-refractivity contribution in [2.45, 2.75) is 37.5 Å². The minimum absolute atomic E-state index is 0.0375. The molecule has 21 heavy (non-hydrogen) atoms. The third-order valence-electron chi connectivity index (χ3n) is 4.35. The van der Waals surface area contributed by atoms with Crippen LogP contribution in [0.3, 0.4) is 0 Å². The number of thioether (sulfide) groups is 1. The summed E-state index contributed by atoms with van der Waals surface area (Å²) in [5.41, 5.74) is 0.936. The molecule has 0 spiro atoms. The Bertz CT molecular complexity index is 476. The average Bonchev–Trinajstić information content (AvgIpc) is 3.19. The first-order valence-corrected chi connectivity index (χ1v) is 8.76. The Labute approximate surface area is 129 Å². The summed E-state index contributed by atoms with van der Waals surface area (Å²) in [4.78, 5) is 14.5. The van der Waals surface area contributed by atoms with E-state index in [0.717, 1.165) is 36.6 Å². The Morgan fingerprint density at radius 2 is 2.24 bits per heavy atom. The van der Waals surface area contributed by atoms with Gasteiger partial charge in [-0.05, 0) is 24.8 Å². The number of hydrogen-bond donors (Lipinski definition) is 2. The van der Waals surface area contributed by atoms with Crippen LogP contribution >= 0.6 is 11.8 Å². The molecule has 0 bridgehead atoms. The Kier molecular flexibility index (Phi) is 4.83. The Morgan fingerprint density at radius 3 is 2.95 bits per heavy atom. The third-order valence-corrected chi connectivity index (χ3v) is 5.29. The van der Waals surface area contributed by atoms with Gasteiger partial charge >= 0.3 is 0 Å². The van der Waals surface area contributed by atoms with Crippen molar-refractivity contribution in [3.63, 3.8) is 0 Å². The topological polar surface area (TPSA) is 52.6 Å². The standard InChI is InChI=1S/C16H22N2O2S/c19-15(12-5-2-1-3-6-12)9-13-7-4-8-18(13)16(20)14-10-21-11-17-14/h1-3,5-6,13-15,17,19H,4,7-11H2/t13-,14+,15+/m1/s1. The highest BCUT2D eigenvalue weighted by Crippen LogP contribution is 2.28. The highest BCUT2D eigenvalue weighted by molar-refractivity contribution is 7.99. The molecule has 3 atom stereocenters. The van der Waals surface area contributed by atoms with E-state index in [1.807, 2.05) is 35.2 Å². The Hall–Kier alpha value is -1.04. The van der Waals surface area contributed by atoms with Gasteiger partial charge in [-0.3, -0.25) is 10.1 Å². The Balaban J connectivity index is 1.62. The second kappa shape index (κ2) is 6.81. The number of likely N-dealkylation sites (tertiary alicyclic amines) is 1. The molecule has 0 aromatic heterocycles. The predicted molar refractivity (Wildman–Crippen MR) is 85.0 cm³/mol. The van der Waals surface area contributed by atoms with Crippen molar-refractivity contribution >= 4 is 17.7 Å². The minimum atomic E-state index is -0.490. The normalized spacial score (nSPS) is 27.0. The quantitative estimate of drug-likeness (QED) is 0.890. The van der Waals surface area contributed by atoms with Crippen molar-refractivity contribution in [3.05, 3.63) is 35.9 Å². The number of aliphatic hydroxyl groups is 1. The molecule has 2 saturated heterocycles. The number of hydrogen-bond acceptors (Lipinski definition) is 4. The second-order valence-corrected chi connectivity index (χ2v) is 6.79. The van der Waals surface area contributed by atoms with Gasteiger partial charge in [0.15, 0.2) is 0 Å². The lowest BCUT2D eigenvalue weighted by molar-refractivity contribution is -0.133. The average molecular weight is 306 g/mol. The zero-order valence-corrected chi connectivity index (χ0v) is 12.9. The third kappa shape index (κ3) is 3.42. The molecular weight excluding hydrogens is 284 g/mol. The van der Waals surface area contributed by atoms with Gasteiger partial charge in [-0.15, -0.1) is 11.8 Å². The lowest BCUT2D eigenvalue weighted by Crippen LogP contribution is -2.47. The first kappa shape index (κ1) is 14.9. The van der Waals surface area contributed by atoms with E-state index in [1.54, 1.807) is 11.8 Å². The van der Waals surface area contributed by atoms with Gasteiger partial charge < -0.3 is 10.0 Å². The van der Waals surface area contributed by atoms with Gasteiger partial charge in [0, 0.05) is 24.2 Å². The van der Waals surface area contributed by atoms with Crippen LogP contribution in [0.5, 0.6) is 0 Å². The van der Waals surface area contributed by atoms with Crippen molar-refractivity contribution < 1.29 is 9.90 Å². The van der Waals surface area contributed by atoms with Crippen LogP contribution < -0.4 is 5.32 Å². The van der Waals surface area contributed by atoms with Crippen LogP contribution in [0.25, 0.3) is 0 Å². The van der Waals surface area contributed by atoms with Crippen LogP contribution in [0, 0.1) is 0 Å². The number of benzene rings is 1. The molecule has 2 N–H and O–H groups in total. The summed E-state index contributed by atoms with van der Waals surface area (Å²) in [5.74, 6) is 1.94. The van der Waals surface area contributed by atoms with Crippen molar-refractivity contribution in [2.24, 2.45) is 0 Å². The molecule has 114 valence electrons. The van der Waals surface area contributed by atoms with E-state index >= 15 is 0 Å². The predicted octanol–water partition coefficient (Wildman–Crippen LogP) is 1.76. The zero-order valence-electron chi connectivity index (χ0n) is 12.1. The van der Waals surface area contributed by atoms with E-state index in [-0.39, 0.29) is 18.0 Å². The summed E-state index contributed by atoms with van der Waals surface area (Å²) in [7, 11) is 0. The van der Waals surface area contributed by atoms with E-state index in [2.05, 4.69) is 5.32 Å². The highest BCUT2D eigenvalue weighted by atomic mass is 32.2. The van der Waals surface area contributed by atoms with Gasteiger partial charge in [0.1, 0.15) is 0 Å². The minimum Gasteiger partial charge on any atom is -0.388 e. The van der Waals surface area contributed by atoms with E-state index < -0.39 is 6.10 Å². The van der Waals surface area contributed by atoms with Crippen LogP contribution in [0.1, 0.15) is 30.9 Å². The maximum atomic E-state index is 12.5. The number of nitrogens with zero attached hydrogens (tertiary/aromatic N) is 1. The summed E-state index contributed by atoms with van der Waals surface area (Å²) in [6.45, 7) is 0.827. The summed E-state index contributed by atoms with van der Waals surface area (Å²) < 4.78 is 0. The van der Waals surface area contributed by atoms with Crippen molar-refractivity contribution in [1.82, 2.24) is 10.2 Å². The number of amides is 1. The lowest BCUT2D eigenvalue weighted by atomic mass is 10.0. The van der Waals surface area contributed by atoms with Crippen LogP contribution in [0.15, 0.2) is 30.3 Å². The molecule has 2 fully saturated rings. The Morgan fingerprint density at radius 1 is 1.43 bits per heavy atom. The summed E-state index contributed by atoms with van der Waals surface area (Å²) >= 11 is 1.77. The largest absolute Gasteiger partial charge is 0.388 e. The number of carbonyl (C=O) groups is 1. The summed E-state index contributed by atoms with van der Waals surface area (Å²) in [6, 6.07) is 9.85. The van der Waals surface area contributed by atoms with Gasteiger partial charge in [0.05, 0.1) is 12.1 Å². The molecule has 0 aliphatic carbocycles. The van der Waals surface area contributed by atoms with Crippen molar-refractivity contribution in [3.8, 4) is 0 Å². The molecule has 2 aliphatic heterocycles. The zero-order chi connectivity index (χ0) is 14.7. The van der Waals surface area contributed by atoms with Crippen LogP contribution in [0.2, 0.25) is 0 Å². The maximum absolute atomic E-state index is 12.5. The summed E-state index contributed by atoms with van der Waals surface area (Å²) in [5, 5.41) is 13.6. The van der Waals surface area contributed by atoms with Crippen LogP contribution in [-0.4, -0.2) is 46.2 Å². The second-order valence-electron chi connectivity index (χ2n) is 5.76. The van der Waals surface area contributed by atoms with Crippen LogP contribution in [0.4, 0.5) is 0 Å². The molecule has 5 heteroatoms. The molecule has 4 nitrogen and oxygen atoms in total. The number of aliphatic hydroxyl groups excluding tert-OH is 1. The van der Waals surface area contributed by atoms with Gasteiger partial charge in [0.2, 0.25) is 5.91 Å². The molecule has 0 saturated carbocycles. The van der Waals surface area contributed by atoms with Gasteiger partial charge in [-0.2, -0.15) is 0 Å². The smallest absolute Gasteiger partial charge is 0.240 e. The maximum Gasteiger partial charge on any atom is 0.240 e. The molecule has 2 aliphatic rings. The number of rotatable bonds is 4. The van der Waals surface area contributed by atoms with E-state index in [9.17, 15) is 9.90 Å². The van der Waals surface area contributed by atoms with E-state index in [1.165, 1.54) is 0 Å². The summed E-state index contributed by atoms with van der Waals surface area (Å²) in [6.07, 6.45) is 2.18. The van der Waals surface area contributed by atoms with Crippen LogP contribution in [-0.2, 0) is 4.79 Å². The molecule has 1 aromatic rings. The first-order valence-electron chi connectivity index (χ1n) is 7.60. The molecule has 1 amide bonds. The fraction of sp³-hybridized carbons (Fsp3) is 0.562. The number of carbonyl (C=O) groups excluding carboxylic acids is 1. The van der Waals surface area contributed by atoms with E-state index in [4.69, 9.17) is 0 Å². The molecule has 0 radical (unpaired) electrons. The molecule has 2 heterocycles. The van der Waals surface area contributed by atoms with Crippen molar-refractivity contribution in [2.75, 3.05) is 18.2 Å². The molecular formula is C16H22N2O2S. The van der Waals surface area contributed by atoms with Gasteiger partial charge in [-0.1, -0.05) is 30.3 Å². The van der Waals surface area contributed by atoms with E-state index in [0.29, 0.717) is 6.42 Å². The number of nitrogens with one attached hydrogen (secondary N) is 1. The highest BCUT2D eigenvalue weighted by Gasteiger charge is 2.35. The first-order chi connectivity index (χ1) is 10.3. The molecule has 1 aromatic carbocycles. The van der Waals surface area contributed by atoms with Gasteiger partial charge in [0.25, 0.3) is 0 Å². The monoisotopic (exact) mass is 306 g/mol.